The Hall–Kier alpha value is -3.05. The summed E-state index contributed by atoms with van der Waals surface area (Å²) in [5.74, 6) is -3.14. The monoisotopic (exact) mass is 435 g/mol. The van der Waals surface area contributed by atoms with Gasteiger partial charge in [0.05, 0.1) is 6.54 Å². The first-order valence-corrected chi connectivity index (χ1v) is 9.88. The molecule has 2 rings (SSSR count). The summed E-state index contributed by atoms with van der Waals surface area (Å²) in [4.78, 5) is 51.1. The van der Waals surface area contributed by atoms with E-state index in [1.54, 1.807) is 6.20 Å². The molecule has 30 heavy (non-hydrogen) atoms. The zero-order valence-corrected chi connectivity index (χ0v) is 17.2. The van der Waals surface area contributed by atoms with Crippen molar-refractivity contribution in [1.82, 2.24) is 20.9 Å². The Bertz CT molecular complexity index is 931. The fourth-order valence-electron chi connectivity index (χ4n) is 2.85. The SMILES string of the molecule is CC(NC(=O)CN)C(=O)NC(Cc1c[nH]c2ccccc12)C(=O)NC(CS)C(=O)O. The van der Waals surface area contributed by atoms with Crippen molar-refractivity contribution in [3.05, 3.63) is 36.0 Å². The molecule has 11 heteroatoms. The summed E-state index contributed by atoms with van der Waals surface area (Å²) < 4.78 is 0. The van der Waals surface area contributed by atoms with Crippen molar-refractivity contribution in [2.45, 2.75) is 31.5 Å². The molecule has 0 saturated carbocycles. The second kappa shape index (κ2) is 10.6. The predicted octanol–water partition coefficient (Wildman–Crippen LogP) is -0.842. The van der Waals surface area contributed by atoms with Crippen LogP contribution in [0.5, 0.6) is 0 Å². The molecule has 0 aliphatic rings. The molecule has 0 aliphatic carbocycles. The number of benzene rings is 1. The maximum atomic E-state index is 12.8. The van der Waals surface area contributed by atoms with Gasteiger partial charge >= 0.3 is 5.97 Å². The Labute approximate surface area is 178 Å². The quantitative estimate of drug-likeness (QED) is 0.240. The average Bonchev–Trinajstić information content (AvgIpc) is 3.13. The van der Waals surface area contributed by atoms with Crippen molar-refractivity contribution in [3.63, 3.8) is 0 Å². The molecule has 3 amide bonds. The molecular formula is C19H25N5O5S. The van der Waals surface area contributed by atoms with E-state index in [1.165, 1.54) is 6.92 Å². The fraction of sp³-hybridized carbons (Fsp3) is 0.368. The highest BCUT2D eigenvalue weighted by atomic mass is 32.1. The van der Waals surface area contributed by atoms with Crippen LogP contribution in [0, 0.1) is 0 Å². The molecule has 0 aliphatic heterocycles. The van der Waals surface area contributed by atoms with Crippen molar-refractivity contribution in [3.8, 4) is 0 Å². The van der Waals surface area contributed by atoms with Gasteiger partial charge in [-0.2, -0.15) is 12.6 Å². The first kappa shape index (κ1) is 23.2. The van der Waals surface area contributed by atoms with Crippen LogP contribution in [-0.4, -0.2) is 64.2 Å². The third-order valence-corrected chi connectivity index (χ3v) is 4.85. The molecule has 3 unspecified atom stereocenters. The van der Waals surface area contributed by atoms with Crippen LogP contribution in [0.25, 0.3) is 10.9 Å². The van der Waals surface area contributed by atoms with E-state index in [0.29, 0.717) is 0 Å². The number of carbonyl (C=O) groups is 4. The van der Waals surface area contributed by atoms with Gasteiger partial charge < -0.3 is 31.8 Å². The second-order valence-electron chi connectivity index (χ2n) is 6.70. The van der Waals surface area contributed by atoms with Crippen molar-refractivity contribution >= 4 is 47.2 Å². The van der Waals surface area contributed by atoms with Crippen LogP contribution in [0.15, 0.2) is 30.5 Å². The number of nitrogens with one attached hydrogen (secondary N) is 4. The minimum absolute atomic E-state index is 0.109. The predicted molar refractivity (Wildman–Crippen MR) is 114 cm³/mol. The molecule has 0 spiro atoms. The molecule has 3 atom stereocenters. The lowest BCUT2D eigenvalue weighted by Gasteiger charge is -2.22. The molecule has 1 aromatic carbocycles. The number of thiol groups is 1. The molecule has 2 aromatic rings. The number of hydrogen-bond donors (Lipinski definition) is 7. The standard InChI is InChI=1S/C19H25N5O5S/c1-10(22-16(25)7-20)17(26)23-14(18(27)24-15(9-30)19(28)29)6-11-8-21-13-5-3-2-4-12(11)13/h2-5,8,10,14-15,21,30H,6-7,9,20H2,1H3,(H,22,25)(H,23,26)(H,24,27)(H,28,29). The number of rotatable bonds is 10. The second-order valence-corrected chi connectivity index (χ2v) is 7.07. The number of aromatic nitrogens is 1. The lowest BCUT2D eigenvalue weighted by Crippen LogP contribution is -2.56. The number of nitrogens with two attached hydrogens (primary N) is 1. The summed E-state index contributed by atoms with van der Waals surface area (Å²) in [6.07, 6.45) is 1.84. The van der Waals surface area contributed by atoms with E-state index in [9.17, 15) is 24.3 Å². The lowest BCUT2D eigenvalue weighted by molar-refractivity contribution is -0.141. The number of fused-ring (bicyclic) bond motifs is 1. The number of amides is 3. The molecule has 10 nitrogen and oxygen atoms in total. The zero-order valence-electron chi connectivity index (χ0n) is 16.3. The van der Waals surface area contributed by atoms with Gasteiger partial charge in [0.15, 0.2) is 0 Å². The largest absolute Gasteiger partial charge is 0.480 e. The highest BCUT2D eigenvalue weighted by molar-refractivity contribution is 7.80. The summed E-state index contributed by atoms with van der Waals surface area (Å²) in [7, 11) is 0. The van der Waals surface area contributed by atoms with Crippen molar-refractivity contribution in [2.75, 3.05) is 12.3 Å². The highest BCUT2D eigenvalue weighted by Crippen LogP contribution is 2.19. The molecule has 0 saturated heterocycles. The van der Waals surface area contributed by atoms with E-state index < -0.39 is 41.8 Å². The minimum Gasteiger partial charge on any atom is -0.480 e. The van der Waals surface area contributed by atoms with E-state index in [0.717, 1.165) is 16.5 Å². The number of hydrogen-bond acceptors (Lipinski definition) is 6. The molecule has 0 fully saturated rings. The Morgan fingerprint density at radius 1 is 1.10 bits per heavy atom. The normalized spacial score (nSPS) is 13.8. The van der Waals surface area contributed by atoms with E-state index >= 15 is 0 Å². The van der Waals surface area contributed by atoms with Gasteiger partial charge in [0.25, 0.3) is 0 Å². The number of carbonyl (C=O) groups excluding carboxylic acids is 3. The van der Waals surface area contributed by atoms with Crippen molar-refractivity contribution < 1.29 is 24.3 Å². The van der Waals surface area contributed by atoms with Gasteiger partial charge in [-0.3, -0.25) is 14.4 Å². The molecule has 162 valence electrons. The van der Waals surface area contributed by atoms with Crippen LogP contribution in [0.3, 0.4) is 0 Å². The molecule has 1 aromatic heterocycles. The minimum atomic E-state index is -1.24. The van der Waals surface area contributed by atoms with Crippen molar-refractivity contribution in [1.29, 1.82) is 0 Å². The summed E-state index contributed by atoms with van der Waals surface area (Å²) in [6.45, 7) is 1.18. The smallest absolute Gasteiger partial charge is 0.327 e. The van der Waals surface area contributed by atoms with Gasteiger partial charge in [0.2, 0.25) is 17.7 Å². The third-order valence-electron chi connectivity index (χ3n) is 4.49. The number of aliphatic carboxylic acids is 1. The van der Waals surface area contributed by atoms with E-state index in [2.05, 4.69) is 33.6 Å². The summed E-state index contributed by atoms with van der Waals surface area (Å²) in [6, 6.07) is 4.24. The molecule has 1 heterocycles. The van der Waals surface area contributed by atoms with Crippen LogP contribution in [0.1, 0.15) is 12.5 Å². The summed E-state index contributed by atoms with van der Waals surface area (Å²) in [5, 5.41) is 17.4. The molecule has 7 N–H and O–H groups in total. The average molecular weight is 436 g/mol. The molecular weight excluding hydrogens is 410 g/mol. The Balaban J connectivity index is 2.22. The Kier molecular flexibility index (Phi) is 8.25. The van der Waals surface area contributed by atoms with E-state index in [1.807, 2.05) is 24.3 Å². The Morgan fingerprint density at radius 3 is 2.40 bits per heavy atom. The van der Waals surface area contributed by atoms with Crippen LogP contribution < -0.4 is 21.7 Å². The van der Waals surface area contributed by atoms with Crippen LogP contribution >= 0.6 is 12.6 Å². The summed E-state index contributed by atoms with van der Waals surface area (Å²) in [5.41, 5.74) is 6.86. The van der Waals surface area contributed by atoms with Crippen LogP contribution in [0.2, 0.25) is 0 Å². The highest BCUT2D eigenvalue weighted by Gasteiger charge is 2.28. The van der Waals surface area contributed by atoms with Crippen LogP contribution in [-0.2, 0) is 25.6 Å². The number of carboxylic acids is 1. The van der Waals surface area contributed by atoms with Crippen LogP contribution in [0.4, 0.5) is 0 Å². The van der Waals surface area contributed by atoms with Gasteiger partial charge in [-0.1, -0.05) is 18.2 Å². The maximum absolute atomic E-state index is 12.8. The van der Waals surface area contributed by atoms with Gasteiger partial charge in [-0.15, -0.1) is 0 Å². The van der Waals surface area contributed by atoms with Crippen molar-refractivity contribution in [2.24, 2.45) is 5.73 Å². The first-order valence-electron chi connectivity index (χ1n) is 9.25. The van der Waals surface area contributed by atoms with Gasteiger partial charge in [-0.05, 0) is 18.6 Å². The molecule has 0 radical (unpaired) electrons. The number of carboxylic acid groups (broad SMARTS) is 1. The fourth-order valence-corrected chi connectivity index (χ4v) is 3.10. The third kappa shape index (κ3) is 5.97. The van der Waals surface area contributed by atoms with Gasteiger partial charge in [-0.25, -0.2) is 4.79 Å². The lowest BCUT2D eigenvalue weighted by atomic mass is 10.0. The number of para-hydroxylation sites is 1. The zero-order chi connectivity index (χ0) is 22.3. The van der Waals surface area contributed by atoms with Gasteiger partial charge in [0, 0.05) is 29.3 Å². The Morgan fingerprint density at radius 2 is 1.77 bits per heavy atom. The topological polar surface area (TPSA) is 166 Å². The number of H-pyrrole nitrogens is 1. The number of aromatic amines is 1. The maximum Gasteiger partial charge on any atom is 0.327 e. The van der Waals surface area contributed by atoms with E-state index in [-0.39, 0.29) is 18.7 Å². The summed E-state index contributed by atoms with van der Waals surface area (Å²) >= 11 is 3.94. The van der Waals surface area contributed by atoms with Gasteiger partial charge in [0.1, 0.15) is 18.1 Å². The van der Waals surface area contributed by atoms with E-state index in [4.69, 9.17) is 5.73 Å². The molecule has 0 bridgehead atoms. The first-order chi connectivity index (χ1) is 14.3.